The Morgan fingerprint density at radius 1 is 1.32 bits per heavy atom. The molecule has 5 nitrogen and oxygen atoms in total. The summed E-state index contributed by atoms with van der Waals surface area (Å²) < 4.78 is 2.11. The first-order valence-electron chi connectivity index (χ1n) is 7.93. The third kappa shape index (κ3) is 3.93. The second-order valence-electron chi connectivity index (χ2n) is 5.97. The van der Waals surface area contributed by atoms with Gasteiger partial charge in [-0.15, -0.1) is 0 Å². The summed E-state index contributed by atoms with van der Waals surface area (Å²) in [5.41, 5.74) is 1.13. The molecule has 1 atom stereocenters. The lowest BCUT2D eigenvalue weighted by Gasteiger charge is -2.33. The van der Waals surface area contributed by atoms with Gasteiger partial charge in [0, 0.05) is 50.8 Å². The Hall–Kier alpha value is -2.17. The fraction of sp³-hybridized carbons (Fsp3) is 0.471. The van der Waals surface area contributed by atoms with Crippen LogP contribution >= 0.6 is 0 Å². The number of rotatable bonds is 5. The lowest BCUT2D eigenvalue weighted by molar-refractivity contribution is -0.133. The molecule has 1 aliphatic heterocycles. The Labute approximate surface area is 131 Å². The fourth-order valence-corrected chi connectivity index (χ4v) is 3.09. The number of imidazole rings is 1. The van der Waals surface area contributed by atoms with Crippen LogP contribution in [-0.4, -0.2) is 38.4 Å². The van der Waals surface area contributed by atoms with Gasteiger partial charge >= 0.3 is 0 Å². The van der Waals surface area contributed by atoms with Crippen molar-refractivity contribution in [2.24, 2.45) is 5.92 Å². The minimum Gasteiger partial charge on any atom is -0.342 e. The highest BCUT2D eigenvalue weighted by atomic mass is 16.2. The first-order valence-corrected chi connectivity index (χ1v) is 7.93. The second-order valence-corrected chi connectivity index (χ2v) is 5.97. The van der Waals surface area contributed by atoms with Crippen LogP contribution in [0.3, 0.4) is 0 Å². The largest absolute Gasteiger partial charge is 0.342 e. The number of aromatic nitrogens is 3. The Kier molecular flexibility index (Phi) is 4.83. The number of hydrogen-bond acceptors (Lipinski definition) is 3. The van der Waals surface area contributed by atoms with Crippen molar-refractivity contribution in [1.29, 1.82) is 0 Å². The highest BCUT2D eigenvalue weighted by Gasteiger charge is 2.23. The Morgan fingerprint density at radius 2 is 2.27 bits per heavy atom. The number of hydrogen-bond donors (Lipinski definition) is 0. The second kappa shape index (κ2) is 7.20. The predicted molar refractivity (Wildman–Crippen MR) is 84.1 cm³/mol. The topological polar surface area (TPSA) is 51.0 Å². The number of carbonyl (C=O) groups excluding carboxylic acids is 1. The molecule has 5 heteroatoms. The standard InChI is InChI=1S/C17H22N4O/c22-17(6-5-15-3-1-7-18-11-15)21-9-2-4-16(13-21)12-20-10-8-19-14-20/h1,3,7-8,10-11,14,16H,2,4-6,9,12-13H2. The molecule has 0 N–H and O–H groups in total. The summed E-state index contributed by atoms with van der Waals surface area (Å²) in [6.45, 7) is 2.71. The van der Waals surface area contributed by atoms with Crippen molar-refractivity contribution in [2.45, 2.75) is 32.2 Å². The predicted octanol–water partition coefficient (Wildman–Crippen LogP) is 2.15. The number of nitrogens with zero attached hydrogens (tertiary/aromatic N) is 4. The van der Waals surface area contributed by atoms with Crippen molar-refractivity contribution in [3.63, 3.8) is 0 Å². The maximum absolute atomic E-state index is 12.4. The summed E-state index contributed by atoms with van der Waals surface area (Å²) in [6, 6.07) is 3.94. The van der Waals surface area contributed by atoms with E-state index < -0.39 is 0 Å². The van der Waals surface area contributed by atoms with E-state index in [0.717, 1.165) is 38.0 Å². The van der Waals surface area contributed by atoms with Crippen molar-refractivity contribution in [1.82, 2.24) is 19.4 Å². The van der Waals surface area contributed by atoms with E-state index in [4.69, 9.17) is 0 Å². The molecular weight excluding hydrogens is 276 g/mol. The molecule has 0 saturated carbocycles. The lowest BCUT2D eigenvalue weighted by atomic mass is 9.97. The average Bonchev–Trinajstić information content (AvgIpc) is 3.07. The van der Waals surface area contributed by atoms with Crippen molar-refractivity contribution in [3.05, 3.63) is 48.8 Å². The van der Waals surface area contributed by atoms with E-state index in [2.05, 4.69) is 14.5 Å². The molecule has 116 valence electrons. The highest BCUT2D eigenvalue weighted by molar-refractivity contribution is 5.76. The van der Waals surface area contributed by atoms with Crippen LogP contribution < -0.4 is 0 Å². The Morgan fingerprint density at radius 3 is 3.05 bits per heavy atom. The van der Waals surface area contributed by atoms with E-state index in [1.165, 1.54) is 6.42 Å². The van der Waals surface area contributed by atoms with Gasteiger partial charge in [0.25, 0.3) is 0 Å². The molecule has 1 saturated heterocycles. The van der Waals surface area contributed by atoms with E-state index in [1.54, 1.807) is 12.4 Å². The molecule has 0 bridgehead atoms. The maximum atomic E-state index is 12.4. The first kappa shape index (κ1) is 14.8. The third-order valence-corrected chi connectivity index (χ3v) is 4.25. The van der Waals surface area contributed by atoms with Crippen LogP contribution in [0.15, 0.2) is 43.2 Å². The number of aryl methyl sites for hydroxylation is 1. The molecule has 2 aromatic heterocycles. The fourth-order valence-electron chi connectivity index (χ4n) is 3.09. The lowest BCUT2D eigenvalue weighted by Crippen LogP contribution is -2.41. The zero-order chi connectivity index (χ0) is 15.2. The van der Waals surface area contributed by atoms with Crippen LogP contribution in [0.5, 0.6) is 0 Å². The quantitative estimate of drug-likeness (QED) is 0.850. The van der Waals surface area contributed by atoms with Crippen LogP contribution in [0.2, 0.25) is 0 Å². The van der Waals surface area contributed by atoms with Gasteiger partial charge in [0.2, 0.25) is 5.91 Å². The zero-order valence-electron chi connectivity index (χ0n) is 12.8. The number of carbonyl (C=O) groups is 1. The zero-order valence-corrected chi connectivity index (χ0v) is 12.8. The molecule has 2 aromatic rings. The van der Waals surface area contributed by atoms with E-state index >= 15 is 0 Å². The Balaban J connectivity index is 1.49. The number of amides is 1. The van der Waals surface area contributed by atoms with Crippen LogP contribution in [0.4, 0.5) is 0 Å². The smallest absolute Gasteiger partial charge is 0.222 e. The van der Waals surface area contributed by atoms with Crippen molar-refractivity contribution < 1.29 is 4.79 Å². The van der Waals surface area contributed by atoms with E-state index in [-0.39, 0.29) is 5.91 Å². The molecule has 0 radical (unpaired) electrons. The number of piperidine rings is 1. The molecule has 0 spiro atoms. The molecule has 0 aromatic carbocycles. The molecule has 22 heavy (non-hydrogen) atoms. The van der Waals surface area contributed by atoms with Crippen molar-refractivity contribution in [2.75, 3.05) is 13.1 Å². The van der Waals surface area contributed by atoms with Gasteiger partial charge in [-0.05, 0) is 36.8 Å². The van der Waals surface area contributed by atoms with E-state index in [1.807, 2.05) is 35.8 Å². The molecule has 1 aliphatic rings. The minimum absolute atomic E-state index is 0.263. The Bertz CT molecular complexity index is 582. The van der Waals surface area contributed by atoms with Crippen LogP contribution in [0, 0.1) is 5.92 Å². The SMILES string of the molecule is O=C(CCc1cccnc1)N1CCCC(Cn2ccnc2)C1. The van der Waals surface area contributed by atoms with E-state index in [9.17, 15) is 4.79 Å². The third-order valence-electron chi connectivity index (χ3n) is 4.25. The average molecular weight is 298 g/mol. The maximum Gasteiger partial charge on any atom is 0.222 e. The first-order chi connectivity index (χ1) is 10.8. The van der Waals surface area contributed by atoms with Gasteiger partial charge in [-0.3, -0.25) is 9.78 Å². The molecule has 1 amide bonds. The van der Waals surface area contributed by atoms with Crippen molar-refractivity contribution in [3.8, 4) is 0 Å². The minimum atomic E-state index is 0.263. The molecular formula is C17H22N4O. The van der Waals surface area contributed by atoms with Gasteiger partial charge in [0.1, 0.15) is 0 Å². The summed E-state index contributed by atoms with van der Waals surface area (Å²) in [5, 5.41) is 0. The van der Waals surface area contributed by atoms with Gasteiger partial charge < -0.3 is 9.47 Å². The molecule has 1 fully saturated rings. The molecule has 3 heterocycles. The molecule has 0 aliphatic carbocycles. The summed E-state index contributed by atoms with van der Waals surface area (Å²) in [5.74, 6) is 0.796. The normalized spacial score (nSPS) is 18.4. The summed E-state index contributed by atoms with van der Waals surface area (Å²) in [7, 11) is 0. The molecule has 1 unspecified atom stereocenters. The van der Waals surface area contributed by atoms with Crippen LogP contribution in [0.25, 0.3) is 0 Å². The van der Waals surface area contributed by atoms with Crippen LogP contribution in [-0.2, 0) is 17.8 Å². The van der Waals surface area contributed by atoms with E-state index in [0.29, 0.717) is 12.3 Å². The summed E-state index contributed by atoms with van der Waals surface area (Å²) in [6.07, 6.45) is 12.9. The monoisotopic (exact) mass is 298 g/mol. The number of likely N-dealkylation sites (tertiary alicyclic amines) is 1. The number of pyridine rings is 1. The summed E-state index contributed by atoms with van der Waals surface area (Å²) in [4.78, 5) is 22.6. The van der Waals surface area contributed by atoms with Gasteiger partial charge in [-0.25, -0.2) is 4.98 Å². The van der Waals surface area contributed by atoms with Crippen molar-refractivity contribution >= 4 is 5.91 Å². The van der Waals surface area contributed by atoms with Gasteiger partial charge in [0.05, 0.1) is 6.33 Å². The molecule has 3 rings (SSSR count). The highest BCUT2D eigenvalue weighted by Crippen LogP contribution is 2.19. The van der Waals surface area contributed by atoms with Crippen LogP contribution in [0.1, 0.15) is 24.8 Å². The summed E-state index contributed by atoms with van der Waals surface area (Å²) >= 11 is 0. The van der Waals surface area contributed by atoms with Gasteiger partial charge in [0.15, 0.2) is 0 Å². The van der Waals surface area contributed by atoms with Gasteiger partial charge in [-0.1, -0.05) is 6.07 Å². The van der Waals surface area contributed by atoms with Gasteiger partial charge in [-0.2, -0.15) is 0 Å².